The van der Waals surface area contributed by atoms with Crippen LogP contribution in [0.15, 0.2) is 47.0 Å². The molecule has 3 aromatic rings. The van der Waals surface area contributed by atoms with E-state index in [0.29, 0.717) is 24.4 Å². The summed E-state index contributed by atoms with van der Waals surface area (Å²) in [6, 6.07) is 14.5. The van der Waals surface area contributed by atoms with Gasteiger partial charge in [-0.25, -0.2) is 9.97 Å². The molecular formula is C22H25N5O. The van der Waals surface area contributed by atoms with Crippen LogP contribution in [0, 0.1) is 0 Å². The third-order valence-corrected chi connectivity index (χ3v) is 5.70. The molecule has 28 heavy (non-hydrogen) atoms. The molecule has 2 fully saturated rings. The lowest BCUT2D eigenvalue weighted by Crippen LogP contribution is -2.35. The molecule has 2 heterocycles. The van der Waals surface area contributed by atoms with Crippen LogP contribution in [0.4, 0.5) is 5.82 Å². The van der Waals surface area contributed by atoms with Crippen molar-refractivity contribution in [3.63, 3.8) is 0 Å². The van der Waals surface area contributed by atoms with E-state index in [0.717, 1.165) is 47.2 Å². The van der Waals surface area contributed by atoms with Crippen molar-refractivity contribution in [1.29, 1.82) is 0 Å². The zero-order valence-electron chi connectivity index (χ0n) is 16.1. The summed E-state index contributed by atoms with van der Waals surface area (Å²) >= 11 is 0. The van der Waals surface area contributed by atoms with E-state index in [4.69, 9.17) is 20.2 Å². The summed E-state index contributed by atoms with van der Waals surface area (Å²) in [7, 11) is 2.04. The number of nitrogens with zero attached hydrogens (tertiary/aromatic N) is 4. The number of benzene rings is 1. The molecule has 6 nitrogen and oxygen atoms in total. The number of rotatable bonds is 6. The van der Waals surface area contributed by atoms with E-state index >= 15 is 0 Å². The van der Waals surface area contributed by atoms with Gasteiger partial charge in [0.1, 0.15) is 17.3 Å². The maximum absolute atomic E-state index is 5.99. The van der Waals surface area contributed by atoms with Crippen LogP contribution in [0.1, 0.15) is 54.8 Å². The van der Waals surface area contributed by atoms with Crippen LogP contribution < -0.4 is 10.6 Å². The second-order valence-electron chi connectivity index (χ2n) is 8.11. The molecule has 0 unspecified atom stereocenters. The zero-order chi connectivity index (χ0) is 19.1. The van der Waals surface area contributed by atoms with Crippen molar-refractivity contribution in [2.75, 3.05) is 11.9 Å². The van der Waals surface area contributed by atoms with Gasteiger partial charge in [0.25, 0.3) is 0 Å². The quantitative estimate of drug-likeness (QED) is 0.705. The van der Waals surface area contributed by atoms with Crippen LogP contribution in [0.2, 0.25) is 0 Å². The summed E-state index contributed by atoms with van der Waals surface area (Å²) in [6.07, 6.45) is 4.43. The number of hydrogen-bond acceptors (Lipinski definition) is 6. The van der Waals surface area contributed by atoms with Crippen LogP contribution in [-0.4, -0.2) is 28.2 Å². The zero-order valence-corrected chi connectivity index (χ0v) is 16.1. The molecule has 2 aromatic heterocycles. The fraction of sp³-hybridized carbons (Fsp3) is 0.409. The Hall–Kier alpha value is -2.73. The highest BCUT2D eigenvalue weighted by Crippen LogP contribution is 2.41. The summed E-state index contributed by atoms with van der Waals surface area (Å²) in [6.45, 7) is 0.616. The number of hydrogen-bond donors (Lipinski definition) is 1. The number of aromatic nitrogens is 3. The maximum atomic E-state index is 5.99. The van der Waals surface area contributed by atoms with E-state index < -0.39 is 0 Å². The Labute approximate surface area is 164 Å². The summed E-state index contributed by atoms with van der Waals surface area (Å²) in [5.41, 5.74) is 9.05. The van der Waals surface area contributed by atoms with Gasteiger partial charge in [-0.05, 0) is 25.7 Å². The minimum Gasteiger partial charge on any atom is -0.359 e. The predicted molar refractivity (Wildman–Crippen MR) is 108 cm³/mol. The smallest absolute Gasteiger partial charge is 0.156 e. The van der Waals surface area contributed by atoms with Gasteiger partial charge in [0.2, 0.25) is 0 Å². The summed E-state index contributed by atoms with van der Waals surface area (Å²) in [4.78, 5) is 11.8. The van der Waals surface area contributed by atoms with Crippen molar-refractivity contribution in [3.8, 4) is 11.3 Å². The van der Waals surface area contributed by atoms with Gasteiger partial charge < -0.3 is 15.2 Å². The normalized spacial score (nSPS) is 21.4. The van der Waals surface area contributed by atoms with Gasteiger partial charge in [-0.1, -0.05) is 35.5 Å². The van der Waals surface area contributed by atoms with E-state index in [-0.39, 0.29) is 0 Å². The molecule has 0 radical (unpaired) electrons. The lowest BCUT2D eigenvalue weighted by molar-refractivity contribution is 0.344. The molecule has 2 N–H and O–H groups in total. The summed E-state index contributed by atoms with van der Waals surface area (Å²) < 4.78 is 5.57. The molecule has 6 heteroatoms. The van der Waals surface area contributed by atoms with Crippen molar-refractivity contribution in [3.05, 3.63) is 59.7 Å². The average molecular weight is 375 g/mol. The largest absolute Gasteiger partial charge is 0.359 e. The minimum atomic E-state index is 0.316. The molecule has 0 amide bonds. The van der Waals surface area contributed by atoms with E-state index in [9.17, 15) is 0 Å². The molecule has 0 bridgehead atoms. The van der Waals surface area contributed by atoms with Crippen molar-refractivity contribution < 1.29 is 4.52 Å². The van der Waals surface area contributed by atoms with Crippen LogP contribution in [0.3, 0.4) is 0 Å². The third-order valence-electron chi connectivity index (χ3n) is 5.70. The highest BCUT2D eigenvalue weighted by atomic mass is 16.5. The first kappa shape index (κ1) is 17.4. The highest BCUT2D eigenvalue weighted by Gasteiger charge is 2.32. The highest BCUT2D eigenvalue weighted by molar-refractivity contribution is 5.58. The average Bonchev–Trinajstić information content (AvgIpc) is 3.45. The van der Waals surface area contributed by atoms with Gasteiger partial charge in [0, 0.05) is 48.3 Å². The van der Waals surface area contributed by atoms with Crippen molar-refractivity contribution in [2.45, 2.75) is 50.1 Å². The molecule has 1 aromatic carbocycles. The Morgan fingerprint density at radius 2 is 1.86 bits per heavy atom. The van der Waals surface area contributed by atoms with Crippen LogP contribution in [0.25, 0.3) is 11.3 Å². The first-order valence-corrected chi connectivity index (χ1v) is 10.0. The Balaban J connectivity index is 1.36. The first-order valence-electron chi connectivity index (χ1n) is 10.0. The Bertz CT molecular complexity index is 960. The molecule has 2 saturated carbocycles. The first-order chi connectivity index (χ1) is 13.7. The van der Waals surface area contributed by atoms with Crippen molar-refractivity contribution in [1.82, 2.24) is 15.1 Å². The molecular weight excluding hydrogens is 350 g/mol. The number of anilines is 1. The van der Waals surface area contributed by atoms with Crippen LogP contribution in [-0.2, 0) is 6.54 Å². The lowest BCUT2D eigenvalue weighted by atomic mass is 9.78. The molecule has 144 valence electrons. The Morgan fingerprint density at radius 1 is 1.07 bits per heavy atom. The fourth-order valence-electron chi connectivity index (χ4n) is 3.75. The maximum Gasteiger partial charge on any atom is 0.156 e. The topological polar surface area (TPSA) is 81.1 Å². The van der Waals surface area contributed by atoms with Crippen molar-refractivity contribution >= 4 is 5.82 Å². The van der Waals surface area contributed by atoms with Gasteiger partial charge in [-0.15, -0.1) is 0 Å². The monoisotopic (exact) mass is 375 g/mol. The standard InChI is InChI=1S/C22H25N5O/c1-27(13-18-11-20(26-28-18)14-5-3-2-4-6-14)21-12-19(16-9-17(23)10-16)24-22(25-21)15-7-8-15/h2-6,11-12,15-17H,7-10,13,23H2,1H3. The van der Waals surface area contributed by atoms with Gasteiger partial charge >= 0.3 is 0 Å². The number of nitrogens with two attached hydrogens (primary N) is 1. The second-order valence-corrected chi connectivity index (χ2v) is 8.11. The van der Waals surface area contributed by atoms with Crippen molar-refractivity contribution in [2.24, 2.45) is 5.73 Å². The fourth-order valence-corrected chi connectivity index (χ4v) is 3.75. The molecule has 5 rings (SSSR count). The molecule has 0 saturated heterocycles. The van der Waals surface area contributed by atoms with E-state index in [1.165, 1.54) is 12.8 Å². The van der Waals surface area contributed by atoms with Gasteiger partial charge in [0.15, 0.2) is 5.76 Å². The molecule has 2 aliphatic carbocycles. The molecule has 0 spiro atoms. The minimum absolute atomic E-state index is 0.316. The third kappa shape index (κ3) is 3.52. The van der Waals surface area contributed by atoms with Crippen LogP contribution in [0.5, 0.6) is 0 Å². The second kappa shape index (κ2) is 7.02. The van der Waals surface area contributed by atoms with E-state index in [1.54, 1.807) is 0 Å². The Morgan fingerprint density at radius 3 is 2.57 bits per heavy atom. The summed E-state index contributed by atoms with van der Waals surface area (Å²) in [5, 5.41) is 4.22. The van der Waals surface area contributed by atoms with Gasteiger partial charge in [-0.3, -0.25) is 0 Å². The van der Waals surface area contributed by atoms with Gasteiger partial charge in [0.05, 0.1) is 6.54 Å². The van der Waals surface area contributed by atoms with E-state index in [1.807, 2.05) is 43.4 Å². The molecule has 0 aliphatic heterocycles. The SMILES string of the molecule is CN(Cc1cc(-c2ccccc2)no1)c1cc(C2CC(N)C2)nc(C2CC2)n1. The molecule has 0 atom stereocenters. The van der Waals surface area contributed by atoms with Crippen LogP contribution >= 0.6 is 0 Å². The predicted octanol–water partition coefficient (Wildman–Crippen LogP) is 3.85. The lowest BCUT2D eigenvalue weighted by Gasteiger charge is -2.32. The summed E-state index contributed by atoms with van der Waals surface area (Å²) in [5.74, 6) is 3.75. The van der Waals surface area contributed by atoms with E-state index in [2.05, 4.69) is 16.1 Å². The Kier molecular flexibility index (Phi) is 4.36. The molecule has 2 aliphatic rings. The van der Waals surface area contributed by atoms with Gasteiger partial charge in [-0.2, -0.15) is 0 Å².